The van der Waals surface area contributed by atoms with Crippen LogP contribution in [0.15, 0.2) is 28.9 Å². The Kier molecular flexibility index (Phi) is 2.85. The van der Waals surface area contributed by atoms with E-state index in [4.69, 9.17) is 32.8 Å². The molecule has 0 amide bonds. The Morgan fingerprint density at radius 2 is 2.12 bits per heavy atom. The Morgan fingerprint density at radius 3 is 2.81 bits per heavy atom. The fraction of sp³-hybridized carbons (Fsp3) is 0. The van der Waals surface area contributed by atoms with Crippen LogP contribution in [0.1, 0.15) is 10.4 Å². The van der Waals surface area contributed by atoms with E-state index in [1.54, 1.807) is 18.2 Å². The summed E-state index contributed by atoms with van der Waals surface area (Å²) in [5.41, 5.74) is 0.355. The highest BCUT2D eigenvalue weighted by atomic mass is 35.5. The maximum absolute atomic E-state index is 10.9. The third kappa shape index (κ3) is 1.77. The molecule has 1 heterocycles. The van der Waals surface area contributed by atoms with Crippen LogP contribution in [0.5, 0.6) is 0 Å². The number of rotatable bonds is 2. The molecule has 0 radical (unpaired) electrons. The zero-order valence-electron chi connectivity index (χ0n) is 7.78. The molecule has 2 rings (SSSR count). The molecule has 16 heavy (non-hydrogen) atoms. The van der Waals surface area contributed by atoms with Crippen molar-refractivity contribution in [1.29, 1.82) is 0 Å². The summed E-state index contributed by atoms with van der Waals surface area (Å²) in [6.07, 6.45) is 1.12. The molecule has 1 N–H and O–H groups in total. The monoisotopic (exact) mass is 257 g/mol. The molecule has 0 spiro atoms. The molecule has 0 bridgehead atoms. The van der Waals surface area contributed by atoms with E-state index in [1.807, 2.05) is 0 Å². The van der Waals surface area contributed by atoms with Gasteiger partial charge in [-0.3, -0.25) is 0 Å². The van der Waals surface area contributed by atoms with Crippen molar-refractivity contribution in [3.8, 4) is 11.3 Å². The summed E-state index contributed by atoms with van der Waals surface area (Å²) in [4.78, 5) is 10.9. The van der Waals surface area contributed by atoms with Crippen molar-refractivity contribution in [2.75, 3.05) is 0 Å². The minimum Gasteiger partial charge on any atom is -0.477 e. The van der Waals surface area contributed by atoms with E-state index in [0.717, 1.165) is 6.20 Å². The smallest absolute Gasteiger partial charge is 0.341 e. The molecule has 1 aromatic heterocycles. The number of hydrogen-bond donors (Lipinski definition) is 1. The van der Waals surface area contributed by atoms with Crippen LogP contribution >= 0.6 is 23.2 Å². The lowest BCUT2D eigenvalue weighted by Gasteiger charge is -2.02. The zero-order chi connectivity index (χ0) is 11.7. The van der Waals surface area contributed by atoms with Crippen LogP contribution in [0, 0.1) is 0 Å². The lowest BCUT2D eigenvalue weighted by molar-refractivity contribution is 0.0697. The summed E-state index contributed by atoms with van der Waals surface area (Å²) < 4.78 is 4.87. The molecular formula is C10H5Cl2NO3. The summed E-state index contributed by atoms with van der Waals surface area (Å²) >= 11 is 11.8. The first-order valence-electron chi connectivity index (χ1n) is 4.23. The molecule has 0 aliphatic rings. The Hall–Kier alpha value is -1.52. The summed E-state index contributed by atoms with van der Waals surface area (Å²) in [5, 5.41) is 12.9. The van der Waals surface area contributed by atoms with Gasteiger partial charge in [0.05, 0.1) is 16.2 Å². The molecule has 0 saturated heterocycles. The normalized spacial score (nSPS) is 10.4. The summed E-state index contributed by atoms with van der Waals surface area (Å²) in [7, 11) is 0. The Bertz CT molecular complexity index is 551. The average molecular weight is 258 g/mol. The number of carboxylic acids is 1. The predicted octanol–water partition coefficient (Wildman–Crippen LogP) is 3.35. The van der Waals surface area contributed by atoms with Gasteiger partial charge in [-0.1, -0.05) is 34.4 Å². The Labute approximate surface area is 100 Å². The van der Waals surface area contributed by atoms with Crippen LogP contribution < -0.4 is 0 Å². The maximum Gasteiger partial charge on any atom is 0.341 e. The van der Waals surface area contributed by atoms with Crippen LogP contribution in [-0.4, -0.2) is 16.2 Å². The number of hydrogen-bond acceptors (Lipinski definition) is 3. The SMILES string of the molecule is O=C(O)c1cnoc1-c1cccc(Cl)c1Cl. The molecule has 82 valence electrons. The van der Waals surface area contributed by atoms with E-state index in [9.17, 15) is 4.79 Å². The molecule has 0 atom stereocenters. The van der Waals surface area contributed by atoms with Crippen molar-refractivity contribution >= 4 is 29.2 Å². The van der Waals surface area contributed by atoms with Crippen molar-refractivity contribution < 1.29 is 14.4 Å². The van der Waals surface area contributed by atoms with Crippen LogP contribution in [-0.2, 0) is 0 Å². The Balaban J connectivity index is 2.63. The van der Waals surface area contributed by atoms with Gasteiger partial charge in [0.1, 0.15) is 5.56 Å². The molecule has 1 aromatic carbocycles. The quantitative estimate of drug-likeness (QED) is 0.897. The minimum atomic E-state index is -1.13. The minimum absolute atomic E-state index is 0.0517. The second-order valence-corrected chi connectivity index (χ2v) is 3.76. The third-order valence-corrected chi connectivity index (χ3v) is 2.82. The number of carbonyl (C=O) groups is 1. The van der Waals surface area contributed by atoms with Gasteiger partial charge in [-0.2, -0.15) is 0 Å². The van der Waals surface area contributed by atoms with Crippen LogP contribution in [0.2, 0.25) is 10.0 Å². The van der Waals surface area contributed by atoms with Crippen LogP contribution in [0.3, 0.4) is 0 Å². The average Bonchev–Trinajstić information content (AvgIpc) is 2.70. The van der Waals surface area contributed by atoms with Gasteiger partial charge in [0, 0.05) is 5.56 Å². The molecule has 0 fully saturated rings. The second-order valence-electron chi connectivity index (χ2n) is 2.98. The molecule has 6 heteroatoms. The lowest BCUT2D eigenvalue weighted by atomic mass is 10.1. The molecule has 0 aliphatic heterocycles. The zero-order valence-corrected chi connectivity index (χ0v) is 9.29. The predicted molar refractivity (Wildman–Crippen MR) is 58.9 cm³/mol. The van der Waals surface area contributed by atoms with Gasteiger partial charge < -0.3 is 9.63 Å². The van der Waals surface area contributed by atoms with Gasteiger partial charge in [-0.25, -0.2) is 4.79 Å². The molecule has 0 unspecified atom stereocenters. The highest BCUT2D eigenvalue weighted by Crippen LogP contribution is 2.34. The molecule has 2 aromatic rings. The fourth-order valence-electron chi connectivity index (χ4n) is 1.27. The van der Waals surface area contributed by atoms with E-state index in [0.29, 0.717) is 10.6 Å². The van der Waals surface area contributed by atoms with Gasteiger partial charge in [0.25, 0.3) is 0 Å². The van der Waals surface area contributed by atoms with E-state index < -0.39 is 5.97 Å². The standard InChI is InChI=1S/C10H5Cl2NO3/c11-7-3-1-2-5(8(7)12)9-6(10(14)15)4-13-16-9/h1-4H,(H,14,15). The van der Waals surface area contributed by atoms with E-state index >= 15 is 0 Å². The van der Waals surface area contributed by atoms with Crippen molar-refractivity contribution in [1.82, 2.24) is 5.16 Å². The van der Waals surface area contributed by atoms with E-state index in [2.05, 4.69) is 5.16 Å². The lowest BCUT2D eigenvalue weighted by Crippen LogP contribution is -1.96. The maximum atomic E-state index is 10.9. The van der Waals surface area contributed by atoms with Crippen molar-refractivity contribution in [2.24, 2.45) is 0 Å². The van der Waals surface area contributed by atoms with Gasteiger partial charge in [-0.05, 0) is 12.1 Å². The highest BCUT2D eigenvalue weighted by Gasteiger charge is 2.19. The summed E-state index contributed by atoms with van der Waals surface area (Å²) in [6, 6.07) is 4.86. The van der Waals surface area contributed by atoms with E-state index in [-0.39, 0.29) is 16.3 Å². The summed E-state index contributed by atoms with van der Waals surface area (Å²) in [6.45, 7) is 0. The van der Waals surface area contributed by atoms with Crippen LogP contribution in [0.25, 0.3) is 11.3 Å². The molecule has 0 saturated carbocycles. The Morgan fingerprint density at radius 1 is 1.38 bits per heavy atom. The van der Waals surface area contributed by atoms with Crippen molar-refractivity contribution in [3.05, 3.63) is 40.0 Å². The number of nitrogens with zero attached hydrogens (tertiary/aromatic N) is 1. The molecule has 0 aliphatic carbocycles. The summed E-state index contributed by atoms with van der Waals surface area (Å²) in [5.74, 6) is -1.03. The third-order valence-electron chi connectivity index (χ3n) is 2.00. The first-order chi connectivity index (χ1) is 7.61. The van der Waals surface area contributed by atoms with E-state index in [1.165, 1.54) is 0 Å². The highest BCUT2D eigenvalue weighted by molar-refractivity contribution is 6.43. The number of halogens is 2. The van der Waals surface area contributed by atoms with Gasteiger partial charge in [0.2, 0.25) is 0 Å². The van der Waals surface area contributed by atoms with Crippen LogP contribution in [0.4, 0.5) is 0 Å². The number of aromatic nitrogens is 1. The van der Waals surface area contributed by atoms with Crippen molar-refractivity contribution in [3.63, 3.8) is 0 Å². The van der Waals surface area contributed by atoms with Gasteiger partial charge >= 0.3 is 5.97 Å². The van der Waals surface area contributed by atoms with Gasteiger partial charge in [0.15, 0.2) is 5.76 Å². The topological polar surface area (TPSA) is 63.3 Å². The molecular weight excluding hydrogens is 253 g/mol. The number of benzene rings is 1. The fourth-order valence-corrected chi connectivity index (χ4v) is 1.65. The largest absolute Gasteiger partial charge is 0.477 e. The molecule has 4 nitrogen and oxygen atoms in total. The first kappa shape index (κ1) is 11.0. The van der Waals surface area contributed by atoms with Crippen molar-refractivity contribution in [2.45, 2.75) is 0 Å². The number of aromatic carboxylic acids is 1. The van der Waals surface area contributed by atoms with Gasteiger partial charge in [-0.15, -0.1) is 0 Å². The first-order valence-corrected chi connectivity index (χ1v) is 4.99. The second kappa shape index (κ2) is 4.15. The number of carboxylic acid groups (broad SMARTS) is 1.